The highest BCUT2D eigenvalue weighted by atomic mass is 31.0. The molecule has 0 N–H and O–H groups in total. The lowest BCUT2D eigenvalue weighted by Gasteiger charge is -2.04. The van der Waals surface area contributed by atoms with Crippen LogP contribution in [0.5, 0.6) is 0 Å². The Morgan fingerprint density at radius 1 is 1.00 bits per heavy atom. The Bertz CT molecular complexity index is 165. The lowest BCUT2D eigenvalue weighted by molar-refractivity contribution is -0.233. The van der Waals surface area contributed by atoms with Crippen molar-refractivity contribution in [2.75, 3.05) is 0 Å². The van der Waals surface area contributed by atoms with Gasteiger partial charge in [0, 0.05) is 9.05 Å². The maximum Gasteiger partial charge on any atom is 0.444 e. The van der Waals surface area contributed by atoms with E-state index in [4.69, 9.17) is 0 Å². The van der Waals surface area contributed by atoms with Gasteiger partial charge in [0.05, 0.1) is 0 Å². The SMILES string of the molecule is O=C(OF)C(F)(F)C(=O)OF.P. The van der Waals surface area contributed by atoms with Crippen molar-refractivity contribution in [3.63, 3.8) is 0 Å². The van der Waals surface area contributed by atoms with Crippen molar-refractivity contribution >= 4 is 21.8 Å². The Hall–Kier alpha value is -0.910. The topological polar surface area (TPSA) is 52.6 Å². The van der Waals surface area contributed by atoms with Gasteiger partial charge in [0.2, 0.25) is 0 Å². The molecule has 72 valence electrons. The van der Waals surface area contributed by atoms with Crippen LogP contribution in [0.1, 0.15) is 0 Å². The third-order valence-electron chi connectivity index (χ3n) is 0.653. The van der Waals surface area contributed by atoms with Gasteiger partial charge in [-0.2, -0.15) is 18.7 Å². The van der Waals surface area contributed by atoms with E-state index in [0.717, 1.165) is 0 Å². The summed E-state index contributed by atoms with van der Waals surface area (Å²) in [6.07, 6.45) is 0. The summed E-state index contributed by atoms with van der Waals surface area (Å²) in [5, 5.41) is 0. The van der Waals surface area contributed by atoms with Crippen LogP contribution in [-0.4, -0.2) is 17.9 Å². The second-order valence-corrected chi connectivity index (χ2v) is 1.30. The van der Waals surface area contributed by atoms with Gasteiger partial charge in [0.1, 0.15) is 0 Å². The highest BCUT2D eigenvalue weighted by Gasteiger charge is 2.53. The minimum absolute atomic E-state index is 0. The molecular weight excluding hydrogens is 207 g/mol. The van der Waals surface area contributed by atoms with E-state index in [9.17, 15) is 27.4 Å². The van der Waals surface area contributed by atoms with Crippen molar-refractivity contribution < 1.29 is 37.3 Å². The minimum atomic E-state index is -4.95. The highest BCUT2D eigenvalue weighted by Crippen LogP contribution is 2.17. The van der Waals surface area contributed by atoms with Gasteiger partial charge in [0.25, 0.3) is 0 Å². The fraction of sp³-hybridized carbons (Fsp3) is 0.333. The lowest BCUT2D eigenvalue weighted by atomic mass is 10.3. The molecule has 4 nitrogen and oxygen atoms in total. The normalized spacial score (nSPS) is 9.67. The van der Waals surface area contributed by atoms with Crippen molar-refractivity contribution in [3.05, 3.63) is 0 Å². The van der Waals surface area contributed by atoms with Crippen molar-refractivity contribution in [1.29, 1.82) is 0 Å². The molecule has 0 aliphatic carbocycles. The monoisotopic (exact) mass is 210 g/mol. The Morgan fingerprint density at radius 3 is 1.42 bits per heavy atom. The fourth-order valence-electron chi connectivity index (χ4n) is 0.180. The second-order valence-electron chi connectivity index (χ2n) is 1.30. The average molecular weight is 210 g/mol. The molecule has 0 rings (SSSR count). The average Bonchev–Trinajstić information content (AvgIpc) is 2.01. The molecule has 0 saturated heterocycles. The molecule has 0 aromatic heterocycles. The third kappa shape index (κ3) is 2.61. The standard InChI is InChI=1S/C3F4O4.H3P/c4-3(5,1(8)10-6)2(9)11-7;/h;1H3. The van der Waals surface area contributed by atoms with Crippen LogP contribution in [0.2, 0.25) is 0 Å². The van der Waals surface area contributed by atoms with Crippen LogP contribution in [0.4, 0.5) is 17.8 Å². The molecule has 0 fully saturated rings. The molecule has 0 spiro atoms. The summed E-state index contributed by atoms with van der Waals surface area (Å²) in [7, 11) is 0. The summed E-state index contributed by atoms with van der Waals surface area (Å²) >= 11 is 0. The molecule has 0 aromatic rings. The molecule has 0 amide bonds. The zero-order valence-electron chi connectivity index (χ0n) is 5.35. The van der Waals surface area contributed by atoms with E-state index in [1.165, 1.54) is 0 Å². The van der Waals surface area contributed by atoms with Gasteiger partial charge >= 0.3 is 17.9 Å². The molecule has 0 aliphatic rings. The largest absolute Gasteiger partial charge is 0.444 e. The molecule has 1 unspecified atom stereocenters. The zero-order valence-corrected chi connectivity index (χ0v) is 6.77. The van der Waals surface area contributed by atoms with E-state index in [1.807, 2.05) is 9.88 Å². The summed E-state index contributed by atoms with van der Waals surface area (Å²) in [5.41, 5.74) is 0. The van der Waals surface area contributed by atoms with Gasteiger partial charge in [-0.15, -0.1) is 0 Å². The number of carbonyl (C=O) groups excluding carboxylic acids is 2. The van der Waals surface area contributed by atoms with Crippen LogP contribution in [0.3, 0.4) is 0 Å². The number of rotatable bonds is 2. The lowest BCUT2D eigenvalue weighted by Crippen LogP contribution is -2.38. The fourth-order valence-corrected chi connectivity index (χ4v) is 0.180. The van der Waals surface area contributed by atoms with Crippen molar-refractivity contribution in [3.8, 4) is 0 Å². The number of hydrogen-bond acceptors (Lipinski definition) is 4. The van der Waals surface area contributed by atoms with Gasteiger partial charge < -0.3 is 0 Å². The van der Waals surface area contributed by atoms with Crippen LogP contribution >= 0.6 is 9.90 Å². The summed E-state index contributed by atoms with van der Waals surface area (Å²) in [6.45, 7) is 0. The van der Waals surface area contributed by atoms with Crippen LogP contribution in [0.15, 0.2) is 0 Å². The maximum absolute atomic E-state index is 11.8. The summed E-state index contributed by atoms with van der Waals surface area (Å²) in [5.74, 6) is -10.6. The van der Waals surface area contributed by atoms with E-state index >= 15 is 0 Å². The van der Waals surface area contributed by atoms with E-state index < -0.39 is 17.9 Å². The summed E-state index contributed by atoms with van der Waals surface area (Å²) < 4.78 is 45.0. The molecule has 0 radical (unpaired) electrons. The molecule has 12 heavy (non-hydrogen) atoms. The minimum Gasteiger partial charge on any atom is -0.247 e. The molecule has 9 heteroatoms. The van der Waals surface area contributed by atoms with Crippen molar-refractivity contribution in [2.45, 2.75) is 5.92 Å². The first-order chi connectivity index (χ1) is 4.96. The third-order valence-corrected chi connectivity index (χ3v) is 0.653. The summed E-state index contributed by atoms with van der Waals surface area (Å²) in [4.78, 5) is 23.2. The molecule has 0 saturated carbocycles. The van der Waals surface area contributed by atoms with Crippen LogP contribution < -0.4 is 0 Å². The number of halogens is 4. The molecule has 0 aliphatic heterocycles. The van der Waals surface area contributed by atoms with Gasteiger partial charge in [-0.3, -0.25) is 0 Å². The Labute approximate surface area is 66.2 Å². The molecule has 0 aromatic carbocycles. The Morgan fingerprint density at radius 2 is 1.25 bits per heavy atom. The van der Waals surface area contributed by atoms with E-state index in [0.29, 0.717) is 0 Å². The van der Waals surface area contributed by atoms with Gasteiger partial charge in [0.15, 0.2) is 0 Å². The smallest absolute Gasteiger partial charge is 0.247 e. The van der Waals surface area contributed by atoms with Crippen LogP contribution in [-0.2, 0) is 19.5 Å². The van der Waals surface area contributed by atoms with Gasteiger partial charge in [-0.1, -0.05) is 0 Å². The quantitative estimate of drug-likeness (QED) is 0.379. The number of carbonyl (C=O) groups is 2. The zero-order chi connectivity index (χ0) is 9.07. The molecular formula is C3H3F4O4P. The number of alkyl halides is 2. The Kier molecular flexibility index (Phi) is 5.54. The second kappa shape index (κ2) is 4.87. The first-order valence-corrected chi connectivity index (χ1v) is 2.00. The maximum atomic E-state index is 11.8. The van der Waals surface area contributed by atoms with E-state index in [1.54, 1.807) is 0 Å². The first kappa shape index (κ1) is 13.7. The van der Waals surface area contributed by atoms with Crippen LogP contribution in [0, 0.1) is 0 Å². The number of hydrogen-bond donors (Lipinski definition) is 0. The first-order valence-electron chi connectivity index (χ1n) is 2.00. The summed E-state index contributed by atoms with van der Waals surface area (Å²) in [6, 6.07) is 0. The van der Waals surface area contributed by atoms with Crippen molar-refractivity contribution in [1.82, 2.24) is 0 Å². The predicted molar refractivity (Wildman–Crippen MR) is 30.5 cm³/mol. The highest BCUT2D eigenvalue weighted by molar-refractivity contribution is 6.92. The predicted octanol–water partition coefficient (Wildman–Crippen LogP) is 0.535. The molecule has 0 heterocycles. The van der Waals surface area contributed by atoms with Gasteiger partial charge in [-0.25, -0.2) is 19.5 Å². The Balaban J connectivity index is 0. The van der Waals surface area contributed by atoms with Crippen molar-refractivity contribution in [2.24, 2.45) is 0 Å². The molecule has 1 atom stereocenters. The van der Waals surface area contributed by atoms with Crippen LogP contribution in [0.25, 0.3) is 0 Å². The molecule has 0 bridgehead atoms. The van der Waals surface area contributed by atoms with E-state index in [-0.39, 0.29) is 9.90 Å². The van der Waals surface area contributed by atoms with E-state index in [2.05, 4.69) is 0 Å². The van der Waals surface area contributed by atoms with Gasteiger partial charge in [-0.05, 0) is 0 Å².